The summed E-state index contributed by atoms with van der Waals surface area (Å²) in [4.78, 5) is 11.9. The summed E-state index contributed by atoms with van der Waals surface area (Å²) >= 11 is 6.02. The van der Waals surface area contributed by atoms with Gasteiger partial charge in [-0.25, -0.2) is 0 Å². The Labute approximate surface area is 129 Å². The molecule has 0 saturated heterocycles. The van der Waals surface area contributed by atoms with Gasteiger partial charge in [-0.05, 0) is 48.7 Å². The van der Waals surface area contributed by atoms with Crippen LogP contribution in [0.2, 0.25) is 5.02 Å². The maximum absolute atomic E-state index is 11.9. The van der Waals surface area contributed by atoms with E-state index in [0.29, 0.717) is 16.5 Å². The van der Waals surface area contributed by atoms with Gasteiger partial charge in [-0.15, -0.1) is 0 Å². The van der Waals surface area contributed by atoms with E-state index in [-0.39, 0.29) is 12.5 Å². The molecular weight excluding hydrogens is 286 g/mol. The summed E-state index contributed by atoms with van der Waals surface area (Å²) in [6.45, 7) is 3.91. The summed E-state index contributed by atoms with van der Waals surface area (Å²) in [6.07, 6.45) is 0.936. The standard InChI is InChI=1S/C17H18ClNO2/c1-3-13-6-4-7-14(10-13)21-11-17(20)19-16-9-5-8-15(18)12(16)2/h4-10H,3,11H2,1-2H3,(H,19,20). The topological polar surface area (TPSA) is 38.3 Å². The molecule has 0 aliphatic carbocycles. The zero-order chi connectivity index (χ0) is 15.2. The molecule has 1 amide bonds. The highest BCUT2D eigenvalue weighted by atomic mass is 35.5. The molecule has 2 aromatic carbocycles. The smallest absolute Gasteiger partial charge is 0.262 e. The molecule has 0 bridgehead atoms. The number of rotatable bonds is 5. The number of carbonyl (C=O) groups is 1. The highest BCUT2D eigenvalue weighted by Crippen LogP contribution is 2.22. The zero-order valence-electron chi connectivity index (χ0n) is 12.2. The van der Waals surface area contributed by atoms with Gasteiger partial charge in [0.05, 0.1) is 0 Å². The van der Waals surface area contributed by atoms with E-state index >= 15 is 0 Å². The third-order valence-electron chi connectivity index (χ3n) is 3.22. The number of halogens is 1. The maximum atomic E-state index is 11.9. The van der Waals surface area contributed by atoms with Crippen LogP contribution in [0, 0.1) is 6.92 Å². The minimum absolute atomic E-state index is 0.0286. The van der Waals surface area contributed by atoms with Crippen molar-refractivity contribution in [3.8, 4) is 5.75 Å². The van der Waals surface area contributed by atoms with Gasteiger partial charge in [0.1, 0.15) is 5.75 Å². The third kappa shape index (κ3) is 4.23. The van der Waals surface area contributed by atoms with E-state index in [2.05, 4.69) is 12.2 Å². The van der Waals surface area contributed by atoms with E-state index in [9.17, 15) is 4.79 Å². The van der Waals surface area contributed by atoms with Crippen LogP contribution in [0.25, 0.3) is 0 Å². The van der Waals surface area contributed by atoms with Gasteiger partial charge in [-0.2, -0.15) is 0 Å². The second-order valence-corrected chi connectivity index (χ2v) is 5.16. The summed E-state index contributed by atoms with van der Waals surface area (Å²) in [5.41, 5.74) is 2.73. The van der Waals surface area contributed by atoms with Crippen LogP contribution in [-0.2, 0) is 11.2 Å². The second kappa shape index (κ2) is 7.14. The van der Waals surface area contributed by atoms with E-state index < -0.39 is 0 Å². The van der Waals surface area contributed by atoms with E-state index in [4.69, 9.17) is 16.3 Å². The Morgan fingerprint density at radius 2 is 2.00 bits per heavy atom. The second-order valence-electron chi connectivity index (χ2n) is 4.75. The van der Waals surface area contributed by atoms with Gasteiger partial charge in [0.25, 0.3) is 5.91 Å². The summed E-state index contributed by atoms with van der Waals surface area (Å²) in [5, 5.41) is 3.43. The largest absolute Gasteiger partial charge is 0.484 e. The molecule has 2 aromatic rings. The van der Waals surface area contributed by atoms with Crippen LogP contribution in [0.5, 0.6) is 5.75 Å². The van der Waals surface area contributed by atoms with Crippen LogP contribution in [-0.4, -0.2) is 12.5 Å². The minimum atomic E-state index is -0.206. The number of amides is 1. The molecular formula is C17H18ClNO2. The fraction of sp³-hybridized carbons (Fsp3) is 0.235. The lowest BCUT2D eigenvalue weighted by Gasteiger charge is -2.11. The molecule has 3 nitrogen and oxygen atoms in total. The quantitative estimate of drug-likeness (QED) is 0.897. The summed E-state index contributed by atoms with van der Waals surface area (Å²) < 4.78 is 5.51. The molecule has 0 spiro atoms. The molecule has 0 aromatic heterocycles. The predicted molar refractivity (Wildman–Crippen MR) is 86.1 cm³/mol. The van der Waals surface area contributed by atoms with E-state index in [1.807, 2.05) is 37.3 Å². The van der Waals surface area contributed by atoms with Gasteiger partial charge >= 0.3 is 0 Å². The normalized spacial score (nSPS) is 10.2. The van der Waals surface area contributed by atoms with Crippen molar-refractivity contribution in [3.05, 3.63) is 58.6 Å². The average Bonchev–Trinajstić information content (AvgIpc) is 2.50. The van der Waals surface area contributed by atoms with Gasteiger partial charge in [0.2, 0.25) is 0 Å². The van der Waals surface area contributed by atoms with Crippen molar-refractivity contribution in [2.45, 2.75) is 20.3 Å². The molecule has 0 radical (unpaired) electrons. The van der Waals surface area contributed by atoms with Crippen molar-refractivity contribution in [2.75, 3.05) is 11.9 Å². The predicted octanol–water partition coefficient (Wildman–Crippen LogP) is 4.23. The SMILES string of the molecule is CCc1cccc(OCC(=O)Nc2cccc(Cl)c2C)c1. The van der Waals surface area contributed by atoms with Crippen molar-refractivity contribution in [1.29, 1.82) is 0 Å². The third-order valence-corrected chi connectivity index (χ3v) is 3.63. The molecule has 0 heterocycles. The Bertz CT molecular complexity index is 640. The van der Waals surface area contributed by atoms with Crippen LogP contribution in [0.3, 0.4) is 0 Å². The fourth-order valence-electron chi connectivity index (χ4n) is 1.93. The van der Waals surface area contributed by atoms with E-state index in [1.54, 1.807) is 12.1 Å². The number of carbonyl (C=O) groups excluding carboxylic acids is 1. The molecule has 21 heavy (non-hydrogen) atoms. The van der Waals surface area contributed by atoms with Gasteiger partial charge in [0, 0.05) is 10.7 Å². The summed E-state index contributed by atoms with van der Waals surface area (Å²) in [7, 11) is 0. The highest BCUT2D eigenvalue weighted by Gasteiger charge is 2.07. The number of ether oxygens (including phenoxy) is 1. The Morgan fingerprint density at radius 1 is 1.24 bits per heavy atom. The van der Waals surface area contributed by atoms with Crippen LogP contribution < -0.4 is 10.1 Å². The first-order chi connectivity index (χ1) is 10.1. The molecule has 0 aliphatic heterocycles. The number of aryl methyl sites for hydroxylation is 1. The number of hydrogen-bond donors (Lipinski definition) is 1. The summed E-state index contributed by atoms with van der Waals surface area (Å²) in [6, 6.07) is 13.1. The first-order valence-electron chi connectivity index (χ1n) is 6.87. The van der Waals surface area contributed by atoms with Crippen LogP contribution in [0.1, 0.15) is 18.1 Å². The Kier molecular flexibility index (Phi) is 5.23. The number of anilines is 1. The maximum Gasteiger partial charge on any atom is 0.262 e. The monoisotopic (exact) mass is 303 g/mol. The minimum Gasteiger partial charge on any atom is -0.484 e. The lowest BCUT2D eigenvalue weighted by atomic mass is 10.2. The first kappa shape index (κ1) is 15.4. The lowest BCUT2D eigenvalue weighted by molar-refractivity contribution is -0.118. The van der Waals surface area contributed by atoms with Gasteiger partial charge in [0.15, 0.2) is 6.61 Å². The highest BCUT2D eigenvalue weighted by molar-refractivity contribution is 6.31. The Hall–Kier alpha value is -2.00. The number of benzene rings is 2. The molecule has 2 rings (SSSR count). The molecule has 110 valence electrons. The molecule has 0 fully saturated rings. The fourth-order valence-corrected chi connectivity index (χ4v) is 2.11. The van der Waals surface area contributed by atoms with E-state index in [1.165, 1.54) is 5.56 Å². The average molecular weight is 304 g/mol. The van der Waals surface area contributed by atoms with Gasteiger partial charge < -0.3 is 10.1 Å². The molecule has 4 heteroatoms. The Morgan fingerprint density at radius 3 is 2.76 bits per heavy atom. The first-order valence-corrected chi connectivity index (χ1v) is 7.24. The molecule has 0 unspecified atom stereocenters. The molecule has 1 N–H and O–H groups in total. The molecule has 0 atom stereocenters. The molecule has 0 aliphatic rings. The van der Waals surface area contributed by atoms with E-state index in [0.717, 1.165) is 12.0 Å². The van der Waals surface area contributed by atoms with Crippen molar-refractivity contribution in [1.82, 2.24) is 0 Å². The molecule has 0 saturated carbocycles. The van der Waals surface area contributed by atoms with Crippen molar-refractivity contribution in [3.63, 3.8) is 0 Å². The zero-order valence-corrected chi connectivity index (χ0v) is 12.9. The van der Waals surface area contributed by atoms with Crippen molar-refractivity contribution in [2.24, 2.45) is 0 Å². The van der Waals surface area contributed by atoms with Crippen LogP contribution in [0.4, 0.5) is 5.69 Å². The lowest BCUT2D eigenvalue weighted by Crippen LogP contribution is -2.20. The van der Waals surface area contributed by atoms with Crippen LogP contribution in [0.15, 0.2) is 42.5 Å². The van der Waals surface area contributed by atoms with Gasteiger partial charge in [-0.1, -0.05) is 36.7 Å². The number of nitrogens with one attached hydrogen (secondary N) is 1. The summed E-state index contributed by atoms with van der Waals surface area (Å²) in [5.74, 6) is 0.495. The Balaban J connectivity index is 1.94. The van der Waals surface area contributed by atoms with Crippen molar-refractivity contribution >= 4 is 23.2 Å². The van der Waals surface area contributed by atoms with Crippen LogP contribution >= 0.6 is 11.6 Å². The van der Waals surface area contributed by atoms with Crippen molar-refractivity contribution < 1.29 is 9.53 Å². The van der Waals surface area contributed by atoms with Gasteiger partial charge in [-0.3, -0.25) is 4.79 Å². The number of hydrogen-bond acceptors (Lipinski definition) is 2.